The molecule has 0 heterocycles. The van der Waals surface area contributed by atoms with Gasteiger partial charge in [0.1, 0.15) is 0 Å². The molecule has 0 rings (SSSR count). The van der Waals surface area contributed by atoms with E-state index < -0.39 is 0 Å². The molecule has 0 atom stereocenters. The van der Waals surface area contributed by atoms with E-state index in [1.54, 1.807) is 0 Å². The number of nitrogens with one attached hydrogen (secondary N) is 1. The Kier molecular flexibility index (Phi) is 5.71. The highest BCUT2D eigenvalue weighted by Gasteiger charge is 1.61. The van der Waals surface area contributed by atoms with Gasteiger partial charge in [-0.05, 0) is 26.1 Å². The lowest BCUT2D eigenvalue weighted by atomic mass is 10.5. The minimum absolute atomic E-state index is 0.994. The van der Waals surface area contributed by atoms with E-state index >= 15 is 0 Å². The van der Waals surface area contributed by atoms with Crippen LogP contribution in [0.1, 0.15) is 13.8 Å². The molecule has 8 heavy (non-hydrogen) atoms. The van der Waals surface area contributed by atoms with Crippen LogP contribution < -0.4 is 5.32 Å². The molecule has 0 amide bonds. The molecular formula is C7H13N. The number of hydrogen-bond donors (Lipinski definition) is 1. The summed E-state index contributed by atoms with van der Waals surface area (Å²) >= 11 is 0. The number of hydrogen-bond acceptors (Lipinski definition) is 1. The topological polar surface area (TPSA) is 12.0 Å². The van der Waals surface area contributed by atoms with E-state index in [9.17, 15) is 0 Å². The van der Waals surface area contributed by atoms with E-state index in [4.69, 9.17) is 0 Å². The Morgan fingerprint density at radius 1 is 1.38 bits per heavy atom. The minimum Gasteiger partial charge on any atom is -0.391 e. The Labute approximate surface area is 51.1 Å². The van der Waals surface area contributed by atoms with Crippen LogP contribution in [0, 0.1) is 0 Å². The van der Waals surface area contributed by atoms with Crippen LogP contribution >= 0.6 is 0 Å². The summed E-state index contributed by atoms with van der Waals surface area (Å²) in [5.41, 5.74) is 0. The lowest BCUT2D eigenvalue weighted by Crippen LogP contribution is -2.00. The van der Waals surface area contributed by atoms with Crippen molar-refractivity contribution in [3.8, 4) is 0 Å². The van der Waals surface area contributed by atoms with Crippen molar-refractivity contribution in [3.05, 3.63) is 24.4 Å². The largest absolute Gasteiger partial charge is 0.391 e. The highest BCUT2D eigenvalue weighted by atomic mass is 14.8. The fourth-order valence-corrected chi connectivity index (χ4v) is 0.353. The van der Waals surface area contributed by atoms with Crippen molar-refractivity contribution in [2.45, 2.75) is 13.8 Å². The van der Waals surface area contributed by atoms with Crippen LogP contribution in [-0.4, -0.2) is 6.54 Å². The van der Waals surface area contributed by atoms with Crippen molar-refractivity contribution < 1.29 is 0 Å². The van der Waals surface area contributed by atoms with Crippen LogP contribution in [0.5, 0.6) is 0 Å². The summed E-state index contributed by atoms with van der Waals surface area (Å²) in [5, 5.41) is 3.05. The second-order valence-corrected chi connectivity index (χ2v) is 1.44. The van der Waals surface area contributed by atoms with Crippen LogP contribution in [0.4, 0.5) is 0 Å². The lowest BCUT2D eigenvalue weighted by Gasteiger charge is -1.86. The molecule has 0 fully saturated rings. The van der Waals surface area contributed by atoms with E-state index in [1.807, 2.05) is 31.4 Å². The SMILES string of the molecule is C/C=C/C=C\NCC. The molecule has 0 aliphatic carbocycles. The van der Waals surface area contributed by atoms with Gasteiger partial charge < -0.3 is 5.32 Å². The molecule has 0 aromatic rings. The quantitative estimate of drug-likeness (QED) is 0.546. The molecule has 0 saturated carbocycles. The fourth-order valence-electron chi connectivity index (χ4n) is 0.353. The zero-order valence-corrected chi connectivity index (χ0v) is 5.52. The molecule has 46 valence electrons. The molecule has 1 heteroatoms. The molecular weight excluding hydrogens is 98.1 g/mol. The average molecular weight is 111 g/mol. The molecule has 0 aliphatic heterocycles. The summed E-state index contributed by atoms with van der Waals surface area (Å²) in [6.45, 7) is 5.06. The Balaban J connectivity index is 3.07. The highest BCUT2D eigenvalue weighted by molar-refractivity contribution is 4.99. The standard InChI is InChI=1S/C7H13N/c1-3-5-6-7-8-4-2/h3,5-8H,4H2,1-2H3/b5-3+,7-6-. The molecule has 0 aromatic heterocycles. The molecule has 0 aliphatic rings. The summed E-state index contributed by atoms with van der Waals surface area (Å²) in [7, 11) is 0. The van der Waals surface area contributed by atoms with Crippen LogP contribution in [-0.2, 0) is 0 Å². The van der Waals surface area contributed by atoms with Crippen molar-refractivity contribution in [1.29, 1.82) is 0 Å². The van der Waals surface area contributed by atoms with Gasteiger partial charge in [0.15, 0.2) is 0 Å². The Morgan fingerprint density at radius 3 is 2.62 bits per heavy atom. The smallest absolute Gasteiger partial charge is 0.0113 e. The first kappa shape index (κ1) is 7.28. The van der Waals surface area contributed by atoms with Gasteiger partial charge in [0.05, 0.1) is 0 Å². The van der Waals surface area contributed by atoms with Crippen LogP contribution in [0.2, 0.25) is 0 Å². The summed E-state index contributed by atoms with van der Waals surface area (Å²) in [6.07, 6.45) is 7.89. The van der Waals surface area contributed by atoms with Crippen molar-refractivity contribution in [1.82, 2.24) is 5.32 Å². The van der Waals surface area contributed by atoms with Gasteiger partial charge in [0.25, 0.3) is 0 Å². The van der Waals surface area contributed by atoms with Gasteiger partial charge in [-0.2, -0.15) is 0 Å². The van der Waals surface area contributed by atoms with E-state index in [1.165, 1.54) is 0 Å². The van der Waals surface area contributed by atoms with Crippen molar-refractivity contribution in [3.63, 3.8) is 0 Å². The van der Waals surface area contributed by atoms with E-state index in [0.717, 1.165) is 6.54 Å². The molecule has 1 nitrogen and oxygen atoms in total. The summed E-state index contributed by atoms with van der Waals surface area (Å²) in [4.78, 5) is 0. The fraction of sp³-hybridized carbons (Fsp3) is 0.429. The van der Waals surface area contributed by atoms with E-state index in [-0.39, 0.29) is 0 Å². The first-order valence-electron chi connectivity index (χ1n) is 2.93. The third-order valence-corrected chi connectivity index (χ3v) is 0.722. The second-order valence-electron chi connectivity index (χ2n) is 1.44. The molecule has 0 aromatic carbocycles. The van der Waals surface area contributed by atoms with Gasteiger partial charge in [0, 0.05) is 6.54 Å². The predicted octanol–water partition coefficient (Wildman–Crippen LogP) is 1.69. The third-order valence-electron chi connectivity index (χ3n) is 0.722. The van der Waals surface area contributed by atoms with Gasteiger partial charge in [-0.25, -0.2) is 0 Å². The molecule has 0 spiro atoms. The minimum atomic E-state index is 0.994. The van der Waals surface area contributed by atoms with Crippen molar-refractivity contribution >= 4 is 0 Å². The molecule has 0 radical (unpaired) electrons. The molecule has 0 saturated heterocycles. The molecule has 0 bridgehead atoms. The van der Waals surface area contributed by atoms with Gasteiger partial charge in [0.2, 0.25) is 0 Å². The Bertz CT molecular complexity index is 82.4. The van der Waals surface area contributed by atoms with Gasteiger partial charge in [-0.15, -0.1) is 0 Å². The number of rotatable bonds is 3. The van der Waals surface area contributed by atoms with Gasteiger partial charge in [-0.1, -0.05) is 12.2 Å². The summed E-state index contributed by atoms with van der Waals surface area (Å²) < 4.78 is 0. The Hall–Kier alpha value is -0.720. The first-order valence-corrected chi connectivity index (χ1v) is 2.93. The van der Waals surface area contributed by atoms with E-state index in [0.29, 0.717) is 0 Å². The summed E-state index contributed by atoms with van der Waals surface area (Å²) in [5.74, 6) is 0. The molecule has 0 unspecified atom stereocenters. The monoisotopic (exact) mass is 111 g/mol. The highest BCUT2D eigenvalue weighted by Crippen LogP contribution is 1.71. The normalized spacial score (nSPS) is 11.2. The third kappa shape index (κ3) is 5.28. The predicted molar refractivity (Wildman–Crippen MR) is 37.6 cm³/mol. The zero-order chi connectivity index (χ0) is 6.24. The zero-order valence-electron chi connectivity index (χ0n) is 5.52. The second kappa shape index (κ2) is 6.28. The van der Waals surface area contributed by atoms with Crippen molar-refractivity contribution in [2.75, 3.05) is 6.54 Å². The van der Waals surface area contributed by atoms with Crippen LogP contribution in [0.3, 0.4) is 0 Å². The maximum absolute atomic E-state index is 3.05. The Morgan fingerprint density at radius 2 is 2.12 bits per heavy atom. The van der Waals surface area contributed by atoms with Gasteiger partial charge in [-0.3, -0.25) is 0 Å². The maximum Gasteiger partial charge on any atom is 0.0113 e. The van der Waals surface area contributed by atoms with Crippen LogP contribution in [0.25, 0.3) is 0 Å². The average Bonchev–Trinajstić information content (AvgIpc) is 1.81. The maximum atomic E-state index is 3.05. The first-order chi connectivity index (χ1) is 3.91. The number of allylic oxidation sites excluding steroid dienone is 3. The summed E-state index contributed by atoms with van der Waals surface area (Å²) in [6, 6.07) is 0. The van der Waals surface area contributed by atoms with Gasteiger partial charge >= 0.3 is 0 Å². The van der Waals surface area contributed by atoms with Crippen LogP contribution in [0.15, 0.2) is 24.4 Å². The van der Waals surface area contributed by atoms with E-state index in [2.05, 4.69) is 12.2 Å². The molecule has 1 N–H and O–H groups in total. The van der Waals surface area contributed by atoms with Crippen molar-refractivity contribution in [2.24, 2.45) is 0 Å². The lowest BCUT2D eigenvalue weighted by molar-refractivity contribution is 0.919.